The van der Waals surface area contributed by atoms with E-state index >= 15 is 0 Å². The molecule has 13 heavy (non-hydrogen) atoms. The molecule has 0 unspecified atom stereocenters. The summed E-state index contributed by atoms with van der Waals surface area (Å²) < 4.78 is 2.15. The monoisotopic (exact) mass is 174 g/mol. The molecule has 2 N–H and O–H groups in total. The fraction of sp³-hybridized carbons (Fsp3) is 0.273. The number of nitrogens with zero attached hydrogens (tertiary/aromatic N) is 1. The minimum atomic E-state index is 0.612. The summed E-state index contributed by atoms with van der Waals surface area (Å²) in [5.74, 6) is 0. The van der Waals surface area contributed by atoms with E-state index < -0.39 is 0 Å². The molecule has 0 bridgehead atoms. The van der Waals surface area contributed by atoms with Crippen LogP contribution in [-0.4, -0.2) is 4.57 Å². The predicted octanol–water partition coefficient (Wildman–Crippen LogP) is 1.95. The van der Waals surface area contributed by atoms with Gasteiger partial charge in [-0.2, -0.15) is 0 Å². The Hall–Kier alpha value is -1.28. The minimum absolute atomic E-state index is 0.612. The lowest BCUT2D eigenvalue weighted by Crippen LogP contribution is -1.94. The van der Waals surface area contributed by atoms with Crippen LogP contribution < -0.4 is 5.73 Å². The summed E-state index contributed by atoms with van der Waals surface area (Å²) >= 11 is 0. The number of aromatic nitrogens is 1. The highest BCUT2D eigenvalue weighted by Gasteiger charge is 2.05. The average Bonchev–Trinajstić information content (AvgIpc) is 2.44. The van der Waals surface area contributed by atoms with Gasteiger partial charge in [0, 0.05) is 25.2 Å². The van der Waals surface area contributed by atoms with Gasteiger partial charge in [0.1, 0.15) is 0 Å². The molecule has 0 saturated heterocycles. The van der Waals surface area contributed by atoms with Crippen molar-refractivity contribution in [2.24, 2.45) is 12.8 Å². The molecule has 2 heteroatoms. The molecule has 1 aromatic heterocycles. The number of nitrogens with two attached hydrogens (primary N) is 1. The lowest BCUT2D eigenvalue weighted by Gasteiger charge is -1.99. The third-order valence-electron chi connectivity index (χ3n) is 2.51. The number of hydrogen-bond acceptors (Lipinski definition) is 1. The van der Waals surface area contributed by atoms with Crippen molar-refractivity contribution in [3.63, 3.8) is 0 Å². The van der Waals surface area contributed by atoms with Gasteiger partial charge >= 0.3 is 0 Å². The van der Waals surface area contributed by atoms with Crippen LogP contribution >= 0.6 is 0 Å². The topological polar surface area (TPSA) is 30.9 Å². The molecule has 0 saturated carbocycles. The largest absolute Gasteiger partial charge is 0.350 e. The molecule has 0 aliphatic rings. The van der Waals surface area contributed by atoms with E-state index in [0.717, 1.165) is 0 Å². The minimum Gasteiger partial charge on any atom is -0.350 e. The van der Waals surface area contributed by atoms with E-state index in [0.29, 0.717) is 6.54 Å². The van der Waals surface area contributed by atoms with Crippen molar-refractivity contribution in [1.82, 2.24) is 4.57 Å². The summed E-state index contributed by atoms with van der Waals surface area (Å²) in [5.41, 5.74) is 9.49. The molecule has 0 spiro atoms. The van der Waals surface area contributed by atoms with E-state index in [9.17, 15) is 0 Å². The number of rotatable bonds is 1. The van der Waals surface area contributed by atoms with Gasteiger partial charge in [-0.05, 0) is 18.1 Å². The van der Waals surface area contributed by atoms with Crippen LogP contribution in [-0.2, 0) is 13.6 Å². The Kier molecular flexibility index (Phi) is 1.85. The summed E-state index contributed by atoms with van der Waals surface area (Å²) in [4.78, 5) is 0. The van der Waals surface area contributed by atoms with E-state index in [1.54, 1.807) is 0 Å². The molecule has 2 rings (SSSR count). The van der Waals surface area contributed by atoms with E-state index in [1.807, 2.05) is 0 Å². The molecule has 1 heterocycles. The van der Waals surface area contributed by atoms with E-state index in [4.69, 9.17) is 5.73 Å². The smallest absolute Gasteiger partial charge is 0.0510 e. The van der Waals surface area contributed by atoms with Gasteiger partial charge in [0.2, 0.25) is 0 Å². The quantitative estimate of drug-likeness (QED) is 0.703. The first-order valence-electron chi connectivity index (χ1n) is 4.47. The normalized spacial score (nSPS) is 11.0. The van der Waals surface area contributed by atoms with Gasteiger partial charge in [-0.25, -0.2) is 0 Å². The van der Waals surface area contributed by atoms with Gasteiger partial charge in [0.25, 0.3) is 0 Å². The molecule has 2 aromatic rings. The Morgan fingerprint density at radius 3 is 2.85 bits per heavy atom. The second kappa shape index (κ2) is 2.89. The van der Waals surface area contributed by atoms with Crippen molar-refractivity contribution in [3.05, 3.63) is 35.5 Å². The Bertz CT molecular complexity index is 441. The van der Waals surface area contributed by atoms with Crippen molar-refractivity contribution < 1.29 is 0 Å². The molecule has 0 aliphatic heterocycles. The first-order chi connectivity index (χ1) is 6.24. The van der Waals surface area contributed by atoms with E-state index in [1.165, 1.54) is 22.0 Å². The first-order valence-corrected chi connectivity index (χ1v) is 4.47. The highest BCUT2D eigenvalue weighted by atomic mass is 14.9. The molecule has 0 aliphatic carbocycles. The molecule has 0 atom stereocenters. The molecule has 68 valence electrons. The third-order valence-corrected chi connectivity index (χ3v) is 2.51. The van der Waals surface area contributed by atoms with Gasteiger partial charge in [0.15, 0.2) is 0 Å². The van der Waals surface area contributed by atoms with Gasteiger partial charge in [-0.15, -0.1) is 0 Å². The highest BCUT2D eigenvalue weighted by Crippen LogP contribution is 2.22. The van der Waals surface area contributed by atoms with Crippen molar-refractivity contribution in [1.29, 1.82) is 0 Å². The predicted molar refractivity (Wildman–Crippen MR) is 55.5 cm³/mol. The number of aryl methyl sites for hydroxylation is 2. The maximum absolute atomic E-state index is 5.67. The number of benzene rings is 1. The van der Waals surface area contributed by atoms with Crippen LogP contribution in [0.1, 0.15) is 11.1 Å². The second-order valence-corrected chi connectivity index (χ2v) is 3.44. The molecule has 0 amide bonds. The summed E-state index contributed by atoms with van der Waals surface area (Å²) in [6, 6.07) is 6.34. The SMILES string of the molecule is Cc1cccc2c(CN)cn(C)c12. The zero-order chi connectivity index (χ0) is 9.42. The standard InChI is InChI=1S/C11H14N2/c1-8-4-3-5-10-9(6-12)7-13(2)11(8)10/h3-5,7H,6,12H2,1-2H3. The fourth-order valence-corrected chi connectivity index (χ4v) is 1.92. The Labute approximate surface area is 78.0 Å². The van der Waals surface area contributed by atoms with E-state index in [-0.39, 0.29) is 0 Å². The van der Waals surface area contributed by atoms with Crippen LogP contribution in [0.3, 0.4) is 0 Å². The zero-order valence-electron chi connectivity index (χ0n) is 8.04. The molecule has 2 nitrogen and oxygen atoms in total. The maximum Gasteiger partial charge on any atom is 0.0510 e. The van der Waals surface area contributed by atoms with Crippen LogP contribution in [0, 0.1) is 6.92 Å². The van der Waals surface area contributed by atoms with Crippen molar-refractivity contribution in [3.8, 4) is 0 Å². The Balaban J connectivity index is 2.87. The van der Waals surface area contributed by atoms with Crippen LogP contribution in [0.25, 0.3) is 10.9 Å². The van der Waals surface area contributed by atoms with Crippen LogP contribution in [0.2, 0.25) is 0 Å². The van der Waals surface area contributed by atoms with Crippen LogP contribution in [0.5, 0.6) is 0 Å². The maximum atomic E-state index is 5.67. The second-order valence-electron chi connectivity index (χ2n) is 3.44. The van der Waals surface area contributed by atoms with Gasteiger partial charge in [-0.3, -0.25) is 0 Å². The van der Waals surface area contributed by atoms with Crippen molar-refractivity contribution in [2.45, 2.75) is 13.5 Å². The summed E-state index contributed by atoms with van der Waals surface area (Å²) in [6.45, 7) is 2.74. The summed E-state index contributed by atoms with van der Waals surface area (Å²) in [7, 11) is 2.06. The van der Waals surface area contributed by atoms with Gasteiger partial charge < -0.3 is 10.3 Å². The first kappa shape index (κ1) is 8.32. The lowest BCUT2D eigenvalue weighted by atomic mass is 10.1. The number of para-hydroxylation sites is 1. The number of fused-ring (bicyclic) bond motifs is 1. The van der Waals surface area contributed by atoms with Crippen LogP contribution in [0.15, 0.2) is 24.4 Å². The fourth-order valence-electron chi connectivity index (χ4n) is 1.92. The molecule has 0 fully saturated rings. The summed E-state index contributed by atoms with van der Waals surface area (Å²) in [6.07, 6.45) is 2.11. The molecule has 0 radical (unpaired) electrons. The Morgan fingerprint density at radius 2 is 2.15 bits per heavy atom. The van der Waals surface area contributed by atoms with Crippen molar-refractivity contribution >= 4 is 10.9 Å². The third kappa shape index (κ3) is 1.14. The number of hydrogen-bond donors (Lipinski definition) is 1. The molecular formula is C11H14N2. The van der Waals surface area contributed by atoms with Gasteiger partial charge in [-0.1, -0.05) is 18.2 Å². The molecule has 1 aromatic carbocycles. The zero-order valence-corrected chi connectivity index (χ0v) is 8.04. The Morgan fingerprint density at radius 1 is 1.38 bits per heavy atom. The summed E-state index contributed by atoms with van der Waals surface area (Å²) in [5, 5.41) is 1.28. The van der Waals surface area contributed by atoms with E-state index in [2.05, 4.69) is 42.9 Å². The highest BCUT2D eigenvalue weighted by molar-refractivity contribution is 5.86. The van der Waals surface area contributed by atoms with Crippen molar-refractivity contribution in [2.75, 3.05) is 0 Å². The molecular weight excluding hydrogens is 160 g/mol. The van der Waals surface area contributed by atoms with Gasteiger partial charge in [0.05, 0.1) is 5.52 Å². The van der Waals surface area contributed by atoms with Crippen LogP contribution in [0.4, 0.5) is 0 Å². The average molecular weight is 174 g/mol. The lowest BCUT2D eigenvalue weighted by molar-refractivity contribution is 0.945.